The highest BCUT2D eigenvalue weighted by Gasteiger charge is 2.46. The summed E-state index contributed by atoms with van der Waals surface area (Å²) in [4.78, 5) is 65.2. The van der Waals surface area contributed by atoms with Crippen molar-refractivity contribution in [3.63, 3.8) is 0 Å². The van der Waals surface area contributed by atoms with E-state index in [4.69, 9.17) is 4.74 Å². The van der Waals surface area contributed by atoms with E-state index in [0.29, 0.717) is 77.5 Å². The van der Waals surface area contributed by atoms with Crippen molar-refractivity contribution in [3.05, 3.63) is 83.4 Å². The van der Waals surface area contributed by atoms with Crippen molar-refractivity contribution in [1.29, 1.82) is 0 Å². The van der Waals surface area contributed by atoms with Crippen LogP contribution >= 0.6 is 0 Å². The molecule has 5 aliphatic heterocycles. The summed E-state index contributed by atoms with van der Waals surface area (Å²) in [5.74, 6) is 1.43. The zero-order valence-electron chi connectivity index (χ0n) is 45.2. The smallest absolute Gasteiger partial charge is 0.377 e. The van der Waals surface area contributed by atoms with Gasteiger partial charge >= 0.3 is 18.2 Å². The fourth-order valence-corrected chi connectivity index (χ4v) is 13.5. The third-order valence-electron chi connectivity index (χ3n) is 17.9. The van der Waals surface area contributed by atoms with Crippen LogP contribution in [0.3, 0.4) is 0 Å². The molecular weight excluding hydrogens is 978 g/mol. The number of fused-ring (bicyclic) bond motifs is 4. The first-order valence-corrected chi connectivity index (χ1v) is 27.3. The van der Waals surface area contributed by atoms with Crippen LogP contribution in [0.5, 0.6) is 0 Å². The normalized spacial score (nSPS) is 25.8. The van der Waals surface area contributed by atoms with Gasteiger partial charge in [-0.1, -0.05) is 12.1 Å². The van der Waals surface area contributed by atoms with Gasteiger partial charge in [0, 0.05) is 104 Å². The fraction of sp³-hybridized carbons (Fsp3) is 0.607. The van der Waals surface area contributed by atoms with Gasteiger partial charge in [-0.15, -0.1) is 0 Å². The molecule has 4 unspecified atom stereocenters. The highest BCUT2D eigenvalue weighted by Crippen LogP contribution is 2.43. The molecule has 4 aromatic rings. The maximum atomic E-state index is 14.0. The lowest BCUT2D eigenvalue weighted by molar-refractivity contribution is -0.138. The Morgan fingerprint density at radius 2 is 1.14 bits per heavy atom. The summed E-state index contributed by atoms with van der Waals surface area (Å²) < 4.78 is 50.4. The molecule has 410 valence electrons. The second-order valence-electron chi connectivity index (χ2n) is 23.0. The standard InChI is InChI=1S/C29H40N6O3.C27H35F3N6O2/c1-19-7-21(9-27(8-19)35-24-5-6-25(35)18-38-17-24)13-31(3)26-10-22-14-33(15-23(22)11-26)29(37)34-16-28(12-30-34)32(4)20(2)36;1-18(37)33(3)24-13-31-36(17-24)26(38)35-15-20-10-23(11-21(20)16-35)32(2)14-19-6-7-22(34-8-4-5-9-34)12-25(19)27(28,29)30/h7-9,12,16,22-26H,5-6,10-11,13-15,17-18H2,1-4H3;6-7,12-13,17,20-21,23H,4-5,8-11,14-16H2,1-3H3/t22-,23+,24?,25?,26?;20-,21+,23?. The molecule has 2 aromatic heterocycles. The van der Waals surface area contributed by atoms with Crippen molar-refractivity contribution in [2.45, 2.75) is 116 Å². The summed E-state index contributed by atoms with van der Waals surface area (Å²) in [6, 6.07) is 13.3. The number of alkyl halides is 3. The predicted octanol–water partition coefficient (Wildman–Crippen LogP) is 7.65. The number of hydrogen-bond acceptors (Lipinski definition) is 11. The monoisotopic (exact) mass is 1050 g/mol. The Morgan fingerprint density at radius 3 is 1.62 bits per heavy atom. The van der Waals surface area contributed by atoms with E-state index in [1.54, 1.807) is 43.7 Å². The van der Waals surface area contributed by atoms with E-state index in [1.807, 2.05) is 27.8 Å². The summed E-state index contributed by atoms with van der Waals surface area (Å²) in [5.41, 5.74) is 5.67. The second-order valence-corrected chi connectivity index (χ2v) is 23.0. The van der Waals surface area contributed by atoms with Crippen LogP contribution in [0.25, 0.3) is 0 Å². The van der Waals surface area contributed by atoms with Crippen LogP contribution in [-0.2, 0) is 33.6 Å². The van der Waals surface area contributed by atoms with Gasteiger partial charge in [0.05, 0.1) is 67.0 Å². The summed E-state index contributed by atoms with van der Waals surface area (Å²) in [7, 11) is 7.48. The molecule has 4 amide bonds. The molecule has 2 aromatic carbocycles. The molecule has 0 radical (unpaired) electrons. The quantitative estimate of drug-likeness (QED) is 0.155. The van der Waals surface area contributed by atoms with Crippen molar-refractivity contribution in [2.24, 2.45) is 23.7 Å². The molecule has 17 nitrogen and oxygen atoms in total. The maximum Gasteiger partial charge on any atom is 0.416 e. The Labute approximate surface area is 444 Å². The molecule has 8 atom stereocenters. The van der Waals surface area contributed by atoms with Gasteiger partial charge in [-0.2, -0.15) is 32.7 Å². The van der Waals surface area contributed by atoms with Gasteiger partial charge in [0.2, 0.25) is 11.8 Å². The number of rotatable bonds is 10. The molecule has 20 heteroatoms. The molecule has 7 heterocycles. The number of aromatic nitrogens is 4. The molecule has 0 spiro atoms. The average molecular weight is 1050 g/mol. The molecule has 11 rings (SSSR count). The Morgan fingerprint density at radius 1 is 0.658 bits per heavy atom. The Balaban J connectivity index is 0.000000173. The number of nitrogens with zero attached hydrogens (tertiary/aromatic N) is 12. The fourth-order valence-electron chi connectivity index (χ4n) is 13.5. The molecule has 7 fully saturated rings. The number of hydrogen-bond donors (Lipinski definition) is 0. The van der Waals surface area contributed by atoms with Crippen LogP contribution in [0.4, 0.5) is 45.5 Å². The topological polar surface area (TPSA) is 139 Å². The van der Waals surface area contributed by atoms with E-state index in [2.05, 4.69) is 52.2 Å². The lowest BCUT2D eigenvalue weighted by Crippen LogP contribution is -2.46. The van der Waals surface area contributed by atoms with Gasteiger partial charge in [0.25, 0.3) is 0 Å². The first kappa shape index (κ1) is 53.4. The van der Waals surface area contributed by atoms with Gasteiger partial charge in [-0.05, 0) is 137 Å². The summed E-state index contributed by atoms with van der Waals surface area (Å²) >= 11 is 0. The largest absolute Gasteiger partial charge is 0.416 e. The van der Waals surface area contributed by atoms with Crippen LogP contribution in [0, 0.1) is 30.6 Å². The number of halogens is 3. The zero-order chi connectivity index (χ0) is 53.7. The van der Waals surface area contributed by atoms with E-state index in [1.165, 1.54) is 74.9 Å². The molecule has 5 saturated heterocycles. The van der Waals surface area contributed by atoms with E-state index in [-0.39, 0.29) is 36.5 Å². The molecule has 2 saturated carbocycles. The van der Waals surface area contributed by atoms with Crippen molar-refractivity contribution < 1.29 is 37.1 Å². The van der Waals surface area contributed by atoms with Crippen molar-refractivity contribution >= 4 is 46.6 Å². The van der Waals surface area contributed by atoms with Gasteiger partial charge < -0.3 is 34.1 Å². The minimum atomic E-state index is -4.40. The van der Waals surface area contributed by atoms with Crippen LogP contribution in [-0.4, -0.2) is 168 Å². The van der Waals surface area contributed by atoms with Crippen molar-refractivity contribution in [2.75, 3.05) is 100 Å². The molecular formula is C56H75F3N12O5. The number of carbonyl (C=O) groups excluding carboxylic acids is 4. The third-order valence-corrected chi connectivity index (χ3v) is 17.9. The molecule has 7 aliphatic rings. The number of amides is 4. The van der Waals surface area contributed by atoms with Gasteiger partial charge in [-0.25, -0.2) is 9.59 Å². The van der Waals surface area contributed by atoms with Gasteiger partial charge in [0.1, 0.15) is 0 Å². The second kappa shape index (κ2) is 21.8. The lowest BCUT2D eigenvalue weighted by Gasteiger charge is -2.37. The highest BCUT2D eigenvalue weighted by molar-refractivity contribution is 5.91. The van der Waals surface area contributed by atoms with Crippen LogP contribution < -0.4 is 19.6 Å². The Hall–Kier alpha value is -5.99. The number of anilines is 4. The summed E-state index contributed by atoms with van der Waals surface area (Å²) in [5, 5.41) is 8.36. The molecule has 0 N–H and O–H groups in total. The number of benzene rings is 2. The molecule has 2 aliphatic carbocycles. The molecule has 76 heavy (non-hydrogen) atoms. The average Bonchev–Trinajstić information content (AvgIpc) is 4.25. The van der Waals surface area contributed by atoms with E-state index in [9.17, 15) is 32.3 Å². The van der Waals surface area contributed by atoms with Gasteiger partial charge in [-0.3, -0.25) is 19.4 Å². The number of aryl methyl sites for hydroxylation is 1. The van der Waals surface area contributed by atoms with E-state index < -0.39 is 11.7 Å². The Bertz CT molecular complexity index is 2730. The number of ether oxygens (including phenoxy) is 1. The highest BCUT2D eigenvalue weighted by atomic mass is 19.4. The van der Waals surface area contributed by atoms with E-state index >= 15 is 0 Å². The van der Waals surface area contributed by atoms with Crippen LogP contribution in [0.2, 0.25) is 0 Å². The third kappa shape index (κ3) is 11.2. The minimum Gasteiger partial charge on any atom is -0.377 e. The summed E-state index contributed by atoms with van der Waals surface area (Å²) in [6.07, 6.45) is 10.3. The first-order valence-electron chi connectivity index (χ1n) is 27.3. The first-order chi connectivity index (χ1) is 36.3. The Kier molecular flexibility index (Phi) is 15.3. The molecule has 2 bridgehead atoms. The zero-order valence-corrected chi connectivity index (χ0v) is 45.2. The predicted molar refractivity (Wildman–Crippen MR) is 284 cm³/mol. The van der Waals surface area contributed by atoms with Crippen LogP contribution in [0.1, 0.15) is 87.5 Å². The van der Waals surface area contributed by atoms with Gasteiger partial charge in [0.15, 0.2) is 0 Å². The van der Waals surface area contributed by atoms with Crippen molar-refractivity contribution in [3.8, 4) is 0 Å². The minimum absolute atomic E-state index is 0.0852. The summed E-state index contributed by atoms with van der Waals surface area (Å²) in [6.45, 7) is 12.4. The van der Waals surface area contributed by atoms with Crippen molar-refractivity contribution in [1.82, 2.24) is 39.2 Å². The number of carbonyl (C=O) groups is 4. The lowest BCUT2D eigenvalue weighted by atomic mass is 10.0. The maximum absolute atomic E-state index is 14.0. The number of likely N-dealkylation sites (tertiary alicyclic amines) is 2. The SMILES string of the molecule is CC(=O)N(C)c1cnn(C(=O)N2C[C@H]3CC(N(C)Cc4cc(C)cc(N5C6CCC5COC6)c4)C[C@H]3C2)c1.CC(=O)N(C)c1cnn(C(=O)N2C[C@H]3CC(N(C)Cc4ccc(N5CCCC5)cc4C(F)(F)F)C[C@H]3C2)c1. The van der Waals surface area contributed by atoms with E-state index in [0.717, 1.165) is 84.5 Å². The number of morpholine rings is 1. The van der Waals surface area contributed by atoms with Crippen LogP contribution in [0.15, 0.2) is 61.2 Å².